The monoisotopic (exact) mass is 338 g/mol. The molecule has 20 heavy (non-hydrogen) atoms. The summed E-state index contributed by atoms with van der Waals surface area (Å²) in [7, 11) is 0. The summed E-state index contributed by atoms with van der Waals surface area (Å²) >= 11 is 3.42. The lowest BCUT2D eigenvalue weighted by molar-refractivity contribution is -0.119. The highest BCUT2D eigenvalue weighted by molar-refractivity contribution is 9.10. The number of nitrogens with one attached hydrogen (secondary N) is 1. The van der Waals surface area contributed by atoms with Crippen molar-refractivity contribution in [2.24, 2.45) is 10.9 Å². The van der Waals surface area contributed by atoms with Gasteiger partial charge in [-0.1, -0.05) is 15.9 Å². The number of hydrogen-bond acceptors (Lipinski definition) is 4. The maximum absolute atomic E-state index is 12.2. The average molecular weight is 339 g/mol. The Morgan fingerprint density at radius 1 is 1.40 bits per heavy atom. The third-order valence-corrected chi connectivity index (χ3v) is 3.85. The number of rotatable bonds is 3. The lowest BCUT2D eigenvalue weighted by Gasteiger charge is -2.13. The molecular weight excluding hydrogens is 324 g/mol. The Kier molecular flexibility index (Phi) is 4.03. The van der Waals surface area contributed by atoms with Gasteiger partial charge < -0.3 is 14.8 Å². The van der Waals surface area contributed by atoms with E-state index in [2.05, 4.69) is 26.2 Å². The van der Waals surface area contributed by atoms with Crippen molar-refractivity contribution >= 4 is 33.4 Å². The van der Waals surface area contributed by atoms with Crippen molar-refractivity contribution in [2.75, 3.05) is 31.7 Å². The number of hydrogen-bond donors (Lipinski definition) is 1. The van der Waals surface area contributed by atoms with Crippen LogP contribution in [0.25, 0.3) is 0 Å². The van der Waals surface area contributed by atoms with Gasteiger partial charge in [0.1, 0.15) is 6.61 Å². The molecule has 0 radical (unpaired) electrons. The van der Waals surface area contributed by atoms with Gasteiger partial charge in [-0.25, -0.2) is 4.99 Å². The van der Waals surface area contributed by atoms with Crippen LogP contribution in [0.1, 0.15) is 12.0 Å². The highest BCUT2D eigenvalue weighted by Gasteiger charge is 2.25. The molecule has 0 spiro atoms. The van der Waals surface area contributed by atoms with E-state index in [0.717, 1.165) is 22.1 Å². The summed E-state index contributed by atoms with van der Waals surface area (Å²) in [6.07, 6.45) is 0.770. The zero-order valence-electron chi connectivity index (χ0n) is 10.9. The van der Waals surface area contributed by atoms with E-state index in [0.29, 0.717) is 32.3 Å². The Balaban J connectivity index is 1.83. The van der Waals surface area contributed by atoms with Crippen molar-refractivity contribution in [3.8, 4) is 0 Å². The summed E-state index contributed by atoms with van der Waals surface area (Å²) in [5, 5.41) is 2.96. The average Bonchev–Trinajstić information content (AvgIpc) is 3.12. The van der Waals surface area contributed by atoms with Gasteiger partial charge in [0.05, 0.1) is 30.3 Å². The first-order valence-electron chi connectivity index (χ1n) is 6.60. The Morgan fingerprint density at radius 2 is 2.30 bits per heavy atom. The second-order valence-electron chi connectivity index (χ2n) is 4.78. The topological polar surface area (TPSA) is 59.9 Å². The fourth-order valence-electron chi connectivity index (χ4n) is 2.28. The SMILES string of the molecule is O=C(Nc1cc(Br)ccc1C1=NCCO1)C1CCOC1. The molecule has 1 amide bonds. The van der Waals surface area contributed by atoms with E-state index >= 15 is 0 Å². The molecule has 0 saturated carbocycles. The highest BCUT2D eigenvalue weighted by Crippen LogP contribution is 2.25. The molecule has 1 fully saturated rings. The largest absolute Gasteiger partial charge is 0.475 e. The van der Waals surface area contributed by atoms with Gasteiger partial charge in [-0.2, -0.15) is 0 Å². The summed E-state index contributed by atoms with van der Waals surface area (Å²) < 4.78 is 11.6. The third kappa shape index (κ3) is 2.86. The van der Waals surface area contributed by atoms with Gasteiger partial charge in [0.2, 0.25) is 11.8 Å². The first-order valence-corrected chi connectivity index (χ1v) is 7.39. The number of carbonyl (C=O) groups excluding carboxylic acids is 1. The summed E-state index contributed by atoms with van der Waals surface area (Å²) in [6, 6.07) is 5.68. The standard InChI is InChI=1S/C14H15BrN2O3/c15-10-1-2-11(14-16-4-6-20-14)12(7-10)17-13(18)9-3-5-19-8-9/h1-2,7,9H,3-6,8H2,(H,17,18). The second kappa shape index (κ2) is 5.93. The maximum Gasteiger partial charge on any atom is 0.229 e. The Morgan fingerprint density at radius 3 is 3.00 bits per heavy atom. The predicted octanol–water partition coefficient (Wildman–Crippen LogP) is 2.20. The van der Waals surface area contributed by atoms with Crippen LogP contribution < -0.4 is 5.32 Å². The number of anilines is 1. The van der Waals surface area contributed by atoms with E-state index in [1.807, 2.05) is 18.2 Å². The number of ether oxygens (including phenoxy) is 2. The van der Waals surface area contributed by atoms with Crippen LogP contribution in [0.15, 0.2) is 27.7 Å². The van der Waals surface area contributed by atoms with Gasteiger partial charge in [-0.15, -0.1) is 0 Å². The van der Waals surface area contributed by atoms with Crippen molar-refractivity contribution in [2.45, 2.75) is 6.42 Å². The Bertz CT molecular complexity index is 553. The van der Waals surface area contributed by atoms with Crippen LogP contribution >= 0.6 is 15.9 Å². The van der Waals surface area contributed by atoms with Crippen LogP contribution in [0.4, 0.5) is 5.69 Å². The smallest absolute Gasteiger partial charge is 0.229 e. The van der Waals surface area contributed by atoms with Gasteiger partial charge in [0, 0.05) is 11.1 Å². The van der Waals surface area contributed by atoms with Crippen LogP contribution in [-0.4, -0.2) is 38.2 Å². The van der Waals surface area contributed by atoms with Crippen LogP contribution in [0.3, 0.4) is 0 Å². The van der Waals surface area contributed by atoms with Gasteiger partial charge in [0.15, 0.2) is 0 Å². The van der Waals surface area contributed by atoms with Gasteiger partial charge in [-0.05, 0) is 24.6 Å². The van der Waals surface area contributed by atoms with E-state index < -0.39 is 0 Å². The quantitative estimate of drug-likeness (QED) is 0.919. The second-order valence-corrected chi connectivity index (χ2v) is 5.69. The fourth-order valence-corrected chi connectivity index (χ4v) is 2.64. The van der Waals surface area contributed by atoms with Gasteiger partial charge in [-0.3, -0.25) is 4.79 Å². The van der Waals surface area contributed by atoms with Crippen molar-refractivity contribution < 1.29 is 14.3 Å². The van der Waals surface area contributed by atoms with Crippen LogP contribution in [0, 0.1) is 5.92 Å². The molecule has 1 atom stereocenters. The van der Waals surface area contributed by atoms with E-state index in [1.165, 1.54) is 0 Å². The summed E-state index contributed by atoms with van der Waals surface area (Å²) in [5.74, 6) is 0.504. The molecular formula is C14H15BrN2O3. The third-order valence-electron chi connectivity index (χ3n) is 3.36. The molecule has 6 heteroatoms. The Labute approximate surface area is 125 Å². The highest BCUT2D eigenvalue weighted by atomic mass is 79.9. The number of aliphatic imine (C=N–C) groups is 1. The first-order chi connectivity index (χ1) is 9.74. The zero-order chi connectivity index (χ0) is 13.9. The van der Waals surface area contributed by atoms with Crippen molar-refractivity contribution in [3.63, 3.8) is 0 Å². The number of halogens is 1. The minimum absolute atomic E-state index is 0.0135. The van der Waals surface area contributed by atoms with E-state index in [4.69, 9.17) is 9.47 Å². The van der Waals surface area contributed by atoms with Crippen molar-refractivity contribution in [1.82, 2.24) is 0 Å². The Hall–Kier alpha value is -1.40. The summed E-state index contributed by atoms with van der Waals surface area (Å²) in [5.41, 5.74) is 1.54. The van der Waals surface area contributed by atoms with E-state index in [-0.39, 0.29) is 11.8 Å². The van der Waals surface area contributed by atoms with Gasteiger partial charge in [0.25, 0.3) is 0 Å². The van der Waals surface area contributed by atoms with E-state index in [1.54, 1.807) is 0 Å². The van der Waals surface area contributed by atoms with Crippen molar-refractivity contribution in [1.29, 1.82) is 0 Å². The molecule has 1 saturated heterocycles. The van der Waals surface area contributed by atoms with Crippen LogP contribution in [0.5, 0.6) is 0 Å². The molecule has 0 aliphatic carbocycles. The lowest BCUT2D eigenvalue weighted by Crippen LogP contribution is -2.24. The number of benzene rings is 1. The van der Waals surface area contributed by atoms with E-state index in [9.17, 15) is 4.79 Å². The normalized spacial score (nSPS) is 21.4. The van der Waals surface area contributed by atoms with Crippen molar-refractivity contribution in [3.05, 3.63) is 28.2 Å². The van der Waals surface area contributed by atoms with Gasteiger partial charge >= 0.3 is 0 Å². The molecule has 1 N–H and O–H groups in total. The molecule has 2 aliphatic rings. The molecule has 3 rings (SSSR count). The van der Waals surface area contributed by atoms with Crippen LogP contribution in [-0.2, 0) is 14.3 Å². The lowest BCUT2D eigenvalue weighted by atomic mass is 10.1. The molecule has 2 aliphatic heterocycles. The maximum atomic E-state index is 12.2. The number of amides is 1. The summed E-state index contributed by atoms with van der Waals surface area (Å²) in [6.45, 7) is 2.40. The first kappa shape index (κ1) is 13.6. The number of nitrogens with zero attached hydrogens (tertiary/aromatic N) is 1. The molecule has 106 valence electrons. The molecule has 2 heterocycles. The van der Waals surface area contributed by atoms with Crippen LogP contribution in [0.2, 0.25) is 0 Å². The number of carbonyl (C=O) groups is 1. The minimum Gasteiger partial charge on any atom is -0.475 e. The summed E-state index contributed by atoms with van der Waals surface area (Å²) in [4.78, 5) is 16.5. The molecule has 1 aromatic rings. The molecule has 0 aromatic heterocycles. The molecule has 5 nitrogen and oxygen atoms in total. The fraction of sp³-hybridized carbons (Fsp3) is 0.429. The zero-order valence-corrected chi connectivity index (χ0v) is 12.5. The molecule has 1 unspecified atom stereocenters. The minimum atomic E-state index is -0.0757. The predicted molar refractivity (Wildman–Crippen MR) is 79.1 cm³/mol. The molecule has 1 aromatic carbocycles. The molecule has 0 bridgehead atoms.